The van der Waals surface area contributed by atoms with Crippen molar-refractivity contribution < 1.29 is 19.4 Å². The van der Waals surface area contributed by atoms with Gasteiger partial charge in [0, 0.05) is 17.8 Å². The molecule has 6 heteroatoms. The zero-order valence-corrected chi connectivity index (χ0v) is 9.69. The molecule has 0 radical (unpaired) electrons. The van der Waals surface area contributed by atoms with E-state index in [-0.39, 0.29) is 0 Å². The predicted octanol–water partition coefficient (Wildman–Crippen LogP) is 1.93. The Morgan fingerprint density at radius 1 is 1.41 bits per heavy atom. The molecular weight excluding hydrogens is 246 g/mol. The van der Waals surface area contributed by atoms with Gasteiger partial charge in [-0.2, -0.15) is 0 Å². The van der Waals surface area contributed by atoms with Crippen LogP contribution in [0.25, 0.3) is 0 Å². The second-order valence-corrected chi connectivity index (χ2v) is 3.42. The normalized spacial score (nSPS) is 10.2. The molecule has 0 bridgehead atoms. The Hall–Kier alpha value is -2.01. The van der Waals surface area contributed by atoms with E-state index in [4.69, 9.17) is 21.4 Å². The van der Waals surface area contributed by atoms with Crippen molar-refractivity contribution in [1.82, 2.24) is 0 Å². The highest BCUT2D eigenvalue weighted by Gasteiger charge is 2.03. The van der Waals surface area contributed by atoms with E-state index in [2.05, 4.69) is 5.32 Å². The minimum atomic E-state index is -1.19. The maximum absolute atomic E-state index is 11.2. The molecule has 90 valence electrons. The fraction of sp³-hybridized carbons (Fsp3) is 0.0909. The molecule has 1 rings (SSSR count). The molecule has 0 atom stereocenters. The minimum Gasteiger partial charge on any atom is -0.495 e. The summed E-state index contributed by atoms with van der Waals surface area (Å²) in [5.41, 5.74) is 0.454. The van der Waals surface area contributed by atoms with E-state index in [0.29, 0.717) is 16.5 Å². The Kier molecular flexibility index (Phi) is 4.54. The Morgan fingerprint density at radius 2 is 2.12 bits per heavy atom. The van der Waals surface area contributed by atoms with Gasteiger partial charge in [-0.15, -0.1) is 0 Å². The largest absolute Gasteiger partial charge is 0.495 e. The third-order valence-electron chi connectivity index (χ3n) is 1.80. The van der Waals surface area contributed by atoms with Crippen molar-refractivity contribution in [3.63, 3.8) is 0 Å². The molecule has 5 nitrogen and oxygen atoms in total. The van der Waals surface area contributed by atoms with Crippen LogP contribution in [0.1, 0.15) is 0 Å². The molecule has 0 aliphatic carbocycles. The summed E-state index contributed by atoms with van der Waals surface area (Å²) in [5, 5.41) is 11.2. The monoisotopic (exact) mass is 255 g/mol. The summed E-state index contributed by atoms with van der Waals surface area (Å²) in [6.07, 6.45) is 1.67. The average molecular weight is 256 g/mol. The molecule has 0 saturated carbocycles. The minimum absolute atomic E-state index is 0.354. The SMILES string of the molecule is COc1ccc(NC(=O)/C=C/C(=O)O)cc1Cl. The zero-order chi connectivity index (χ0) is 12.8. The zero-order valence-electron chi connectivity index (χ0n) is 8.94. The number of anilines is 1. The number of hydrogen-bond donors (Lipinski definition) is 2. The van der Waals surface area contributed by atoms with E-state index >= 15 is 0 Å². The van der Waals surface area contributed by atoms with Gasteiger partial charge in [0.05, 0.1) is 12.1 Å². The van der Waals surface area contributed by atoms with Crippen LogP contribution in [0.5, 0.6) is 5.75 Å². The van der Waals surface area contributed by atoms with Crippen LogP contribution in [0.2, 0.25) is 5.02 Å². The first-order valence-corrected chi connectivity index (χ1v) is 4.96. The van der Waals surface area contributed by atoms with Crippen LogP contribution >= 0.6 is 11.6 Å². The van der Waals surface area contributed by atoms with E-state index in [1.54, 1.807) is 12.1 Å². The van der Waals surface area contributed by atoms with Crippen molar-refractivity contribution in [2.24, 2.45) is 0 Å². The first-order chi connectivity index (χ1) is 8.02. The summed E-state index contributed by atoms with van der Waals surface area (Å²) in [7, 11) is 1.48. The van der Waals surface area contributed by atoms with Gasteiger partial charge >= 0.3 is 5.97 Å². The first-order valence-electron chi connectivity index (χ1n) is 4.58. The van der Waals surface area contributed by atoms with Crippen LogP contribution in [0.3, 0.4) is 0 Å². The molecule has 0 heterocycles. The third-order valence-corrected chi connectivity index (χ3v) is 2.09. The van der Waals surface area contributed by atoms with Crippen LogP contribution in [0.4, 0.5) is 5.69 Å². The molecule has 1 aromatic carbocycles. The van der Waals surface area contributed by atoms with Gasteiger partial charge < -0.3 is 15.2 Å². The van der Waals surface area contributed by atoms with Gasteiger partial charge in [-0.3, -0.25) is 4.79 Å². The fourth-order valence-electron chi connectivity index (χ4n) is 1.08. The molecular formula is C11H10ClNO4. The van der Waals surface area contributed by atoms with E-state index in [0.717, 1.165) is 12.2 Å². The second kappa shape index (κ2) is 5.91. The van der Waals surface area contributed by atoms with Crippen molar-refractivity contribution in [3.8, 4) is 5.75 Å². The van der Waals surface area contributed by atoms with E-state index in [9.17, 15) is 9.59 Å². The molecule has 0 aliphatic rings. The van der Waals surface area contributed by atoms with Crippen molar-refractivity contribution in [2.75, 3.05) is 12.4 Å². The molecule has 0 aliphatic heterocycles. The van der Waals surface area contributed by atoms with Crippen LogP contribution in [-0.4, -0.2) is 24.1 Å². The number of carbonyl (C=O) groups excluding carboxylic acids is 1. The Morgan fingerprint density at radius 3 is 2.65 bits per heavy atom. The molecule has 0 aromatic heterocycles. The van der Waals surface area contributed by atoms with Gasteiger partial charge in [0.25, 0.3) is 0 Å². The van der Waals surface area contributed by atoms with Crippen LogP contribution in [0, 0.1) is 0 Å². The van der Waals surface area contributed by atoms with Gasteiger partial charge in [0.15, 0.2) is 0 Å². The lowest BCUT2D eigenvalue weighted by molar-refractivity contribution is -0.131. The number of aliphatic carboxylic acids is 1. The predicted molar refractivity (Wildman–Crippen MR) is 63.4 cm³/mol. The average Bonchev–Trinajstić information content (AvgIpc) is 2.26. The van der Waals surface area contributed by atoms with E-state index in [1.807, 2.05) is 0 Å². The standard InChI is InChI=1S/C11H10ClNO4/c1-17-9-3-2-7(6-8(9)12)13-10(14)4-5-11(15)16/h2-6H,1H3,(H,13,14)(H,15,16)/b5-4+. The fourth-order valence-corrected chi connectivity index (χ4v) is 1.33. The maximum Gasteiger partial charge on any atom is 0.328 e. The lowest BCUT2D eigenvalue weighted by Gasteiger charge is -2.06. The van der Waals surface area contributed by atoms with E-state index < -0.39 is 11.9 Å². The molecule has 0 fully saturated rings. The Bertz CT molecular complexity index is 471. The molecule has 1 amide bonds. The number of nitrogens with one attached hydrogen (secondary N) is 1. The maximum atomic E-state index is 11.2. The Labute approximate surface area is 103 Å². The van der Waals surface area contributed by atoms with Crippen LogP contribution in [-0.2, 0) is 9.59 Å². The van der Waals surface area contributed by atoms with Crippen molar-refractivity contribution >= 4 is 29.2 Å². The van der Waals surface area contributed by atoms with Gasteiger partial charge in [-0.05, 0) is 18.2 Å². The number of rotatable bonds is 4. The summed E-state index contributed by atoms with van der Waals surface area (Å²) >= 11 is 5.85. The van der Waals surface area contributed by atoms with Gasteiger partial charge in [0.1, 0.15) is 5.75 Å². The number of amides is 1. The number of benzene rings is 1. The summed E-state index contributed by atoms with van der Waals surface area (Å²) in [6.45, 7) is 0. The third kappa shape index (κ3) is 4.16. The van der Waals surface area contributed by atoms with Crippen molar-refractivity contribution in [2.45, 2.75) is 0 Å². The highest BCUT2D eigenvalue weighted by molar-refractivity contribution is 6.32. The number of carbonyl (C=O) groups is 2. The lowest BCUT2D eigenvalue weighted by Crippen LogP contribution is -2.08. The molecule has 0 spiro atoms. The number of hydrogen-bond acceptors (Lipinski definition) is 3. The number of carboxylic acid groups (broad SMARTS) is 1. The first kappa shape index (κ1) is 13.1. The van der Waals surface area contributed by atoms with Gasteiger partial charge in [-0.25, -0.2) is 4.79 Å². The quantitative estimate of drug-likeness (QED) is 0.806. The second-order valence-electron chi connectivity index (χ2n) is 3.01. The van der Waals surface area contributed by atoms with Crippen molar-refractivity contribution in [3.05, 3.63) is 35.4 Å². The smallest absolute Gasteiger partial charge is 0.328 e. The molecule has 0 unspecified atom stereocenters. The summed E-state index contributed by atoms with van der Waals surface area (Å²) in [6, 6.07) is 4.70. The topological polar surface area (TPSA) is 75.6 Å². The molecule has 1 aromatic rings. The van der Waals surface area contributed by atoms with E-state index in [1.165, 1.54) is 13.2 Å². The lowest BCUT2D eigenvalue weighted by atomic mass is 10.3. The van der Waals surface area contributed by atoms with Crippen molar-refractivity contribution in [1.29, 1.82) is 0 Å². The van der Waals surface area contributed by atoms with Crippen LogP contribution in [0.15, 0.2) is 30.4 Å². The highest BCUT2D eigenvalue weighted by Crippen LogP contribution is 2.27. The summed E-state index contributed by atoms with van der Waals surface area (Å²) < 4.78 is 4.95. The number of ether oxygens (including phenoxy) is 1. The summed E-state index contributed by atoms with van der Waals surface area (Å²) in [4.78, 5) is 21.4. The molecule has 17 heavy (non-hydrogen) atoms. The number of carboxylic acids is 1. The summed E-state index contributed by atoms with van der Waals surface area (Å²) in [5.74, 6) is -1.24. The van der Waals surface area contributed by atoms with Crippen LogP contribution < -0.4 is 10.1 Å². The highest BCUT2D eigenvalue weighted by atomic mass is 35.5. The van der Waals surface area contributed by atoms with Gasteiger partial charge in [-0.1, -0.05) is 11.6 Å². The number of halogens is 1. The van der Waals surface area contributed by atoms with Gasteiger partial charge in [0.2, 0.25) is 5.91 Å². The number of methoxy groups -OCH3 is 1. The molecule has 2 N–H and O–H groups in total. The Balaban J connectivity index is 2.72. The molecule has 0 saturated heterocycles.